The van der Waals surface area contributed by atoms with Crippen molar-refractivity contribution in [2.24, 2.45) is 0 Å². The lowest BCUT2D eigenvalue weighted by atomic mass is 10.0. The molecule has 166 valence electrons. The van der Waals surface area contributed by atoms with Gasteiger partial charge < -0.3 is 20.4 Å². The molecule has 0 aliphatic carbocycles. The zero-order valence-corrected chi connectivity index (χ0v) is 18.4. The van der Waals surface area contributed by atoms with Gasteiger partial charge in [0.2, 0.25) is 5.91 Å². The van der Waals surface area contributed by atoms with E-state index in [1.54, 1.807) is 18.2 Å². The summed E-state index contributed by atoms with van der Waals surface area (Å²) in [6, 6.07) is 18.4. The predicted octanol–water partition coefficient (Wildman–Crippen LogP) is 3.48. The van der Waals surface area contributed by atoms with Crippen LogP contribution in [-0.4, -0.2) is 31.3 Å². The lowest BCUT2D eigenvalue weighted by Crippen LogP contribution is -2.34. The Labute approximate surface area is 187 Å². The number of nitrogens with one attached hydrogen (secondary N) is 3. The predicted molar refractivity (Wildman–Crippen MR) is 122 cm³/mol. The molecule has 0 fully saturated rings. The second-order valence-corrected chi connectivity index (χ2v) is 7.68. The molecule has 0 atom stereocenters. The molecule has 0 unspecified atom stereocenters. The summed E-state index contributed by atoms with van der Waals surface area (Å²) in [7, 11) is 1.50. The molecule has 3 rings (SSSR count). The first-order valence-corrected chi connectivity index (χ1v) is 10.4. The van der Waals surface area contributed by atoms with E-state index in [2.05, 4.69) is 29.8 Å². The largest absolute Gasteiger partial charge is 0.451 e. The average molecular weight is 434 g/mol. The van der Waals surface area contributed by atoms with Gasteiger partial charge in [-0.2, -0.15) is 0 Å². The third-order valence-electron chi connectivity index (χ3n) is 5.00. The van der Waals surface area contributed by atoms with E-state index >= 15 is 0 Å². The number of benzene rings is 2. The van der Waals surface area contributed by atoms with Gasteiger partial charge in [0.1, 0.15) is 5.76 Å². The number of carbonyl (C=O) groups is 3. The van der Waals surface area contributed by atoms with Crippen LogP contribution in [0.25, 0.3) is 11.3 Å². The van der Waals surface area contributed by atoms with E-state index in [1.165, 1.54) is 7.05 Å². The van der Waals surface area contributed by atoms with Gasteiger partial charge in [0.05, 0.1) is 6.54 Å². The summed E-state index contributed by atoms with van der Waals surface area (Å²) in [4.78, 5) is 35.9. The minimum atomic E-state index is -0.466. The molecule has 1 aromatic heterocycles. The van der Waals surface area contributed by atoms with E-state index in [9.17, 15) is 14.4 Å². The zero-order chi connectivity index (χ0) is 23.1. The van der Waals surface area contributed by atoms with Gasteiger partial charge in [-0.05, 0) is 47.4 Å². The van der Waals surface area contributed by atoms with Gasteiger partial charge in [0.25, 0.3) is 11.8 Å². The summed E-state index contributed by atoms with van der Waals surface area (Å²) in [6.45, 7) is 4.42. The zero-order valence-electron chi connectivity index (χ0n) is 18.4. The van der Waals surface area contributed by atoms with Gasteiger partial charge in [-0.25, -0.2) is 0 Å². The quantitative estimate of drug-likeness (QED) is 0.506. The third-order valence-corrected chi connectivity index (χ3v) is 5.00. The Bertz CT molecular complexity index is 1120. The third kappa shape index (κ3) is 5.85. The minimum absolute atomic E-state index is 0.118. The summed E-state index contributed by atoms with van der Waals surface area (Å²) < 4.78 is 5.65. The van der Waals surface area contributed by atoms with Crippen molar-refractivity contribution in [3.8, 4) is 11.3 Å². The molecule has 7 nitrogen and oxygen atoms in total. The van der Waals surface area contributed by atoms with Crippen LogP contribution in [0.3, 0.4) is 0 Å². The molecule has 3 aromatic rings. The summed E-state index contributed by atoms with van der Waals surface area (Å²) in [5, 5.41) is 7.87. The second kappa shape index (κ2) is 10.4. The maximum Gasteiger partial charge on any atom is 0.287 e. The van der Waals surface area contributed by atoms with Crippen molar-refractivity contribution in [2.45, 2.75) is 26.3 Å². The molecule has 0 aliphatic rings. The Morgan fingerprint density at radius 2 is 1.69 bits per heavy atom. The number of carbonyl (C=O) groups excluding carboxylic acids is 3. The van der Waals surface area contributed by atoms with Gasteiger partial charge >= 0.3 is 0 Å². The summed E-state index contributed by atoms with van der Waals surface area (Å²) in [5.41, 5.74) is 3.43. The van der Waals surface area contributed by atoms with Crippen molar-refractivity contribution >= 4 is 17.7 Å². The van der Waals surface area contributed by atoms with Crippen molar-refractivity contribution in [1.82, 2.24) is 16.0 Å². The highest BCUT2D eigenvalue weighted by molar-refractivity contribution is 5.95. The molecular formula is C25H27N3O4. The summed E-state index contributed by atoms with van der Waals surface area (Å²) >= 11 is 0. The fourth-order valence-corrected chi connectivity index (χ4v) is 3.11. The molecule has 0 aliphatic heterocycles. The molecular weight excluding hydrogens is 406 g/mol. The number of rotatable bonds is 8. The Morgan fingerprint density at radius 3 is 2.44 bits per heavy atom. The van der Waals surface area contributed by atoms with Crippen LogP contribution in [0, 0.1) is 0 Å². The first-order valence-electron chi connectivity index (χ1n) is 10.4. The van der Waals surface area contributed by atoms with E-state index in [0.717, 1.165) is 16.7 Å². The number of hydrogen-bond acceptors (Lipinski definition) is 4. The normalized spacial score (nSPS) is 10.6. The maximum absolute atomic E-state index is 12.6. The summed E-state index contributed by atoms with van der Waals surface area (Å²) in [6.07, 6.45) is 0. The fourth-order valence-electron chi connectivity index (χ4n) is 3.11. The monoisotopic (exact) mass is 433 g/mol. The lowest BCUT2D eigenvalue weighted by Gasteiger charge is -2.09. The molecule has 0 saturated heterocycles. The van der Waals surface area contributed by atoms with Crippen LogP contribution in [0.4, 0.5) is 0 Å². The van der Waals surface area contributed by atoms with Crippen LogP contribution in [0.2, 0.25) is 0 Å². The highest BCUT2D eigenvalue weighted by Gasteiger charge is 2.14. The number of furan rings is 1. The van der Waals surface area contributed by atoms with Crippen molar-refractivity contribution in [2.75, 3.05) is 13.6 Å². The highest BCUT2D eigenvalue weighted by Crippen LogP contribution is 2.23. The Hall–Kier alpha value is -3.87. The smallest absolute Gasteiger partial charge is 0.287 e. The second-order valence-electron chi connectivity index (χ2n) is 7.68. The van der Waals surface area contributed by atoms with Crippen molar-refractivity contribution in [3.05, 3.63) is 83.1 Å². The molecule has 3 amide bonds. The van der Waals surface area contributed by atoms with Gasteiger partial charge in [-0.15, -0.1) is 0 Å². The van der Waals surface area contributed by atoms with Crippen molar-refractivity contribution < 1.29 is 18.8 Å². The van der Waals surface area contributed by atoms with Crippen LogP contribution >= 0.6 is 0 Å². The van der Waals surface area contributed by atoms with Crippen LogP contribution < -0.4 is 16.0 Å². The van der Waals surface area contributed by atoms with Crippen molar-refractivity contribution in [1.29, 1.82) is 0 Å². The van der Waals surface area contributed by atoms with E-state index < -0.39 is 5.91 Å². The standard InChI is InChI=1S/C25H27N3O4/c1-16(2)18-7-5-9-20(13-18)24(30)27-14-17-6-4-8-19(12-17)21-10-11-22(32-21)25(31)28-15-23(29)26-3/h4-13,16H,14-15H2,1-3H3,(H,26,29)(H,27,30)(H,28,31). The highest BCUT2D eigenvalue weighted by atomic mass is 16.3. The molecule has 0 radical (unpaired) electrons. The molecule has 7 heteroatoms. The van der Waals surface area contributed by atoms with Crippen LogP contribution in [0.15, 0.2) is 65.1 Å². The van der Waals surface area contributed by atoms with E-state index in [-0.39, 0.29) is 24.1 Å². The topological polar surface area (TPSA) is 100 Å². The van der Waals surface area contributed by atoms with Crippen molar-refractivity contribution in [3.63, 3.8) is 0 Å². The van der Waals surface area contributed by atoms with E-state index in [4.69, 9.17) is 4.42 Å². The SMILES string of the molecule is CNC(=O)CNC(=O)c1ccc(-c2cccc(CNC(=O)c3cccc(C(C)C)c3)c2)o1. The Morgan fingerprint density at radius 1 is 0.906 bits per heavy atom. The fraction of sp³-hybridized carbons (Fsp3) is 0.240. The van der Waals surface area contributed by atoms with Crippen LogP contribution in [-0.2, 0) is 11.3 Å². The lowest BCUT2D eigenvalue weighted by molar-refractivity contribution is -0.119. The molecule has 1 heterocycles. The van der Waals surface area contributed by atoms with Crippen LogP contribution in [0.5, 0.6) is 0 Å². The van der Waals surface area contributed by atoms with E-state index in [1.807, 2.05) is 42.5 Å². The molecule has 0 saturated carbocycles. The first kappa shape index (κ1) is 22.8. The van der Waals surface area contributed by atoms with E-state index in [0.29, 0.717) is 23.8 Å². The van der Waals surface area contributed by atoms with Gasteiger partial charge in [0.15, 0.2) is 5.76 Å². The number of likely N-dealkylation sites (N-methyl/N-ethyl adjacent to an activating group) is 1. The molecule has 2 aromatic carbocycles. The van der Waals surface area contributed by atoms with Gasteiger partial charge in [-0.3, -0.25) is 14.4 Å². The molecule has 3 N–H and O–H groups in total. The average Bonchev–Trinajstić information content (AvgIpc) is 3.31. The Kier molecular flexibility index (Phi) is 7.44. The molecule has 0 spiro atoms. The Balaban J connectivity index is 1.64. The molecule has 0 bridgehead atoms. The number of hydrogen-bond donors (Lipinski definition) is 3. The van der Waals surface area contributed by atoms with Gasteiger partial charge in [-0.1, -0.05) is 44.2 Å². The maximum atomic E-state index is 12.6. The first-order chi connectivity index (χ1) is 15.4. The van der Waals surface area contributed by atoms with Crippen LogP contribution in [0.1, 0.15) is 51.8 Å². The summed E-state index contributed by atoms with van der Waals surface area (Å²) in [5.74, 6) is 0.0951. The molecule has 32 heavy (non-hydrogen) atoms. The minimum Gasteiger partial charge on any atom is -0.451 e. The number of amides is 3. The van der Waals surface area contributed by atoms with Gasteiger partial charge in [0, 0.05) is 24.7 Å².